The molecule has 0 aliphatic carbocycles. The van der Waals surface area contributed by atoms with Gasteiger partial charge in [0.1, 0.15) is 0 Å². The molecule has 132 valence electrons. The summed E-state index contributed by atoms with van der Waals surface area (Å²) in [6.45, 7) is 3.79. The summed E-state index contributed by atoms with van der Waals surface area (Å²) in [5.74, 6) is -0.261. The quantitative estimate of drug-likeness (QED) is 0.774. The van der Waals surface area contributed by atoms with Gasteiger partial charge in [-0.3, -0.25) is 9.59 Å². The molecule has 0 aromatic heterocycles. The fourth-order valence-corrected chi connectivity index (χ4v) is 2.85. The minimum absolute atomic E-state index is 0.0707. The van der Waals surface area contributed by atoms with E-state index < -0.39 is 0 Å². The molecule has 0 heterocycles. The average Bonchev–Trinajstić information content (AvgIpc) is 2.58. The van der Waals surface area contributed by atoms with Gasteiger partial charge in [0.15, 0.2) is 0 Å². The molecule has 2 aromatic carbocycles. The van der Waals surface area contributed by atoms with Gasteiger partial charge in [-0.1, -0.05) is 53.5 Å². The lowest BCUT2D eigenvalue weighted by Gasteiger charge is -2.28. The van der Waals surface area contributed by atoms with Crippen molar-refractivity contribution in [2.75, 3.05) is 11.9 Å². The van der Waals surface area contributed by atoms with Gasteiger partial charge in [0.05, 0.1) is 16.1 Å². The second-order valence-corrected chi connectivity index (χ2v) is 6.54. The van der Waals surface area contributed by atoms with Crippen molar-refractivity contribution >= 4 is 40.7 Å². The summed E-state index contributed by atoms with van der Waals surface area (Å²) in [5, 5.41) is 3.57. The number of amides is 2. The Bertz CT molecular complexity index is 750. The molecule has 2 rings (SSSR count). The van der Waals surface area contributed by atoms with Gasteiger partial charge in [-0.05, 0) is 30.7 Å². The lowest BCUT2D eigenvalue weighted by Crippen LogP contribution is -2.34. The van der Waals surface area contributed by atoms with E-state index in [9.17, 15) is 9.59 Å². The van der Waals surface area contributed by atoms with Crippen LogP contribution in [-0.2, 0) is 9.59 Å². The molecule has 25 heavy (non-hydrogen) atoms. The number of benzene rings is 2. The maximum atomic E-state index is 12.2. The van der Waals surface area contributed by atoms with Gasteiger partial charge < -0.3 is 10.2 Å². The highest BCUT2D eigenvalue weighted by Gasteiger charge is 2.19. The molecule has 0 fully saturated rings. The van der Waals surface area contributed by atoms with Gasteiger partial charge in [-0.2, -0.15) is 0 Å². The smallest absolute Gasteiger partial charge is 0.226 e. The predicted molar refractivity (Wildman–Crippen MR) is 102 cm³/mol. The van der Waals surface area contributed by atoms with Crippen LogP contribution in [0.4, 0.5) is 5.69 Å². The minimum Gasteiger partial charge on any atom is -0.336 e. The second kappa shape index (κ2) is 8.88. The van der Waals surface area contributed by atoms with Crippen molar-refractivity contribution in [3.8, 4) is 0 Å². The molecule has 0 aliphatic heterocycles. The summed E-state index contributed by atoms with van der Waals surface area (Å²) >= 11 is 11.8. The number of hydrogen-bond acceptors (Lipinski definition) is 2. The first-order valence-corrected chi connectivity index (χ1v) is 8.71. The number of hydrogen-bond donors (Lipinski definition) is 1. The molecule has 1 unspecified atom stereocenters. The summed E-state index contributed by atoms with van der Waals surface area (Å²) in [5.41, 5.74) is 1.60. The molecule has 0 bridgehead atoms. The summed E-state index contributed by atoms with van der Waals surface area (Å²) in [4.78, 5) is 25.8. The summed E-state index contributed by atoms with van der Waals surface area (Å²) in [6.07, 6.45) is 0.191. The van der Waals surface area contributed by atoms with Gasteiger partial charge in [0.25, 0.3) is 0 Å². The van der Waals surface area contributed by atoms with E-state index >= 15 is 0 Å². The van der Waals surface area contributed by atoms with Crippen molar-refractivity contribution in [1.82, 2.24) is 4.90 Å². The van der Waals surface area contributed by atoms with E-state index in [-0.39, 0.29) is 24.3 Å². The van der Waals surface area contributed by atoms with Crippen LogP contribution in [-0.4, -0.2) is 23.3 Å². The molecule has 4 nitrogen and oxygen atoms in total. The third kappa shape index (κ3) is 5.48. The van der Waals surface area contributed by atoms with Crippen LogP contribution < -0.4 is 5.32 Å². The first-order valence-electron chi connectivity index (χ1n) is 7.95. The molecule has 2 aromatic rings. The van der Waals surface area contributed by atoms with Crippen molar-refractivity contribution in [1.29, 1.82) is 0 Å². The zero-order valence-electron chi connectivity index (χ0n) is 14.1. The highest BCUT2D eigenvalue weighted by Crippen LogP contribution is 2.25. The van der Waals surface area contributed by atoms with Crippen LogP contribution in [0.5, 0.6) is 0 Å². The van der Waals surface area contributed by atoms with Crippen LogP contribution in [0.3, 0.4) is 0 Å². The van der Waals surface area contributed by atoms with Crippen LogP contribution in [0, 0.1) is 0 Å². The average molecular weight is 379 g/mol. The molecule has 0 radical (unpaired) electrons. The zero-order chi connectivity index (χ0) is 18.4. The standard InChI is InChI=1S/C19H20Cl2N2O2/c1-13(15-6-4-3-5-7-15)23(14(2)24)11-10-19(25)22-16-8-9-17(20)18(21)12-16/h3-9,12-13H,10-11H2,1-2H3,(H,22,25). The fourth-order valence-electron chi connectivity index (χ4n) is 2.55. The Morgan fingerprint density at radius 2 is 1.76 bits per heavy atom. The summed E-state index contributed by atoms with van der Waals surface area (Å²) in [6, 6.07) is 14.5. The number of rotatable bonds is 6. The van der Waals surface area contributed by atoms with E-state index in [4.69, 9.17) is 23.2 Å². The number of anilines is 1. The van der Waals surface area contributed by atoms with E-state index in [1.807, 2.05) is 37.3 Å². The van der Waals surface area contributed by atoms with Gasteiger partial charge in [0.2, 0.25) is 11.8 Å². The number of nitrogens with zero attached hydrogens (tertiary/aromatic N) is 1. The monoisotopic (exact) mass is 378 g/mol. The first-order chi connectivity index (χ1) is 11.9. The molecule has 2 amide bonds. The number of halogens is 2. The highest BCUT2D eigenvalue weighted by atomic mass is 35.5. The maximum absolute atomic E-state index is 12.2. The minimum atomic E-state index is -0.190. The number of carbonyl (C=O) groups excluding carboxylic acids is 2. The molecule has 0 aliphatic rings. The van der Waals surface area contributed by atoms with Gasteiger partial charge in [0, 0.05) is 25.6 Å². The Morgan fingerprint density at radius 3 is 2.36 bits per heavy atom. The predicted octanol–water partition coefficient (Wildman–Crippen LogP) is 4.93. The SMILES string of the molecule is CC(=O)N(CCC(=O)Nc1ccc(Cl)c(Cl)c1)C(C)c1ccccc1. The van der Waals surface area contributed by atoms with Crippen molar-refractivity contribution < 1.29 is 9.59 Å². The molecule has 0 spiro atoms. The zero-order valence-corrected chi connectivity index (χ0v) is 15.6. The van der Waals surface area contributed by atoms with Crippen LogP contribution in [0.1, 0.15) is 31.9 Å². The van der Waals surface area contributed by atoms with E-state index in [1.54, 1.807) is 23.1 Å². The van der Waals surface area contributed by atoms with E-state index in [1.165, 1.54) is 6.92 Å². The van der Waals surface area contributed by atoms with Crippen LogP contribution in [0.2, 0.25) is 10.0 Å². The van der Waals surface area contributed by atoms with Crippen molar-refractivity contribution in [2.24, 2.45) is 0 Å². The number of carbonyl (C=O) groups is 2. The lowest BCUT2D eigenvalue weighted by atomic mass is 10.1. The Morgan fingerprint density at radius 1 is 1.08 bits per heavy atom. The van der Waals surface area contributed by atoms with Gasteiger partial charge in [-0.15, -0.1) is 0 Å². The van der Waals surface area contributed by atoms with Crippen LogP contribution >= 0.6 is 23.2 Å². The summed E-state index contributed by atoms with van der Waals surface area (Å²) in [7, 11) is 0. The molecule has 1 atom stereocenters. The second-order valence-electron chi connectivity index (χ2n) is 5.73. The first kappa shape index (κ1) is 19.3. The lowest BCUT2D eigenvalue weighted by molar-refractivity contribution is -0.131. The van der Waals surface area contributed by atoms with Crippen LogP contribution in [0.15, 0.2) is 48.5 Å². The number of nitrogens with one attached hydrogen (secondary N) is 1. The van der Waals surface area contributed by atoms with Gasteiger partial charge in [-0.25, -0.2) is 0 Å². The Hall–Kier alpha value is -2.04. The maximum Gasteiger partial charge on any atom is 0.226 e. The molecular weight excluding hydrogens is 359 g/mol. The Kier molecular flexibility index (Phi) is 6.85. The van der Waals surface area contributed by atoms with Crippen molar-refractivity contribution in [3.05, 3.63) is 64.1 Å². The molecule has 6 heteroatoms. The third-order valence-corrected chi connectivity index (χ3v) is 4.68. The fraction of sp³-hybridized carbons (Fsp3) is 0.263. The van der Waals surface area contributed by atoms with E-state index in [0.29, 0.717) is 22.3 Å². The topological polar surface area (TPSA) is 49.4 Å². The van der Waals surface area contributed by atoms with Crippen LogP contribution in [0.25, 0.3) is 0 Å². The van der Waals surface area contributed by atoms with Crippen molar-refractivity contribution in [3.63, 3.8) is 0 Å². The Labute approximate surface area is 157 Å². The molecular formula is C19H20Cl2N2O2. The molecule has 0 saturated carbocycles. The van der Waals surface area contributed by atoms with E-state index in [0.717, 1.165) is 5.56 Å². The van der Waals surface area contributed by atoms with Crippen molar-refractivity contribution in [2.45, 2.75) is 26.3 Å². The normalized spacial score (nSPS) is 11.7. The highest BCUT2D eigenvalue weighted by molar-refractivity contribution is 6.42. The third-order valence-electron chi connectivity index (χ3n) is 3.94. The summed E-state index contributed by atoms with van der Waals surface area (Å²) < 4.78 is 0. The molecule has 1 N–H and O–H groups in total. The van der Waals surface area contributed by atoms with E-state index in [2.05, 4.69) is 5.32 Å². The van der Waals surface area contributed by atoms with Gasteiger partial charge >= 0.3 is 0 Å². The Balaban J connectivity index is 1.97. The largest absolute Gasteiger partial charge is 0.336 e. The molecule has 0 saturated heterocycles.